The summed E-state index contributed by atoms with van der Waals surface area (Å²) in [7, 11) is 0. The van der Waals surface area contributed by atoms with Crippen LogP contribution in [0.3, 0.4) is 0 Å². The van der Waals surface area contributed by atoms with Gasteiger partial charge in [-0.2, -0.15) is 5.10 Å². The number of hydrogen-bond donors (Lipinski definition) is 2. The number of nitrogens with two attached hydrogens (primary N) is 1. The highest BCUT2D eigenvalue weighted by atomic mass is 32.2. The predicted octanol–water partition coefficient (Wildman–Crippen LogP) is 0.711. The van der Waals surface area contributed by atoms with Crippen LogP contribution in [0.5, 0.6) is 0 Å². The van der Waals surface area contributed by atoms with E-state index in [1.165, 1.54) is 28.4 Å². The topological polar surface area (TPSA) is 114 Å². The Morgan fingerprint density at radius 2 is 2.36 bits per heavy atom. The first-order valence-corrected chi connectivity index (χ1v) is 9.60. The lowest BCUT2D eigenvalue weighted by molar-refractivity contribution is -0.147. The average Bonchev–Trinajstić information content (AvgIpc) is 3.06. The highest BCUT2D eigenvalue weighted by Gasteiger charge is 2.51. The lowest BCUT2D eigenvalue weighted by Gasteiger charge is -2.48. The van der Waals surface area contributed by atoms with Crippen LogP contribution in [0.15, 0.2) is 34.6 Å². The zero-order valence-corrected chi connectivity index (χ0v) is 14.9. The molecule has 2 aromatic heterocycles. The molecule has 130 valence electrons. The molecule has 2 aliphatic heterocycles. The zero-order chi connectivity index (χ0) is 17.7. The smallest absolute Gasteiger partial charge is 0.352 e. The Morgan fingerprint density at radius 1 is 1.56 bits per heavy atom. The summed E-state index contributed by atoms with van der Waals surface area (Å²) in [5.74, 6) is -0.412. The van der Waals surface area contributed by atoms with E-state index in [9.17, 15) is 14.7 Å². The zero-order valence-electron chi connectivity index (χ0n) is 13.2. The summed E-state index contributed by atoms with van der Waals surface area (Å²) < 4.78 is 1.72. The molecule has 4 heterocycles. The second-order valence-corrected chi connectivity index (χ2v) is 7.92. The number of carboxylic acid groups (broad SMARTS) is 1. The number of aromatic nitrogens is 3. The van der Waals surface area contributed by atoms with Gasteiger partial charge in [-0.3, -0.25) is 9.69 Å². The van der Waals surface area contributed by atoms with Crippen LogP contribution in [0.1, 0.15) is 5.69 Å². The van der Waals surface area contributed by atoms with Gasteiger partial charge in [0.2, 0.25) is 5.91 Å². The molecule has 0 bridgehead atoms. The summed E-state index contributed by atoms with van der Waals surface area (Å²) >= 11 is 2.99. The minimum Gasteiger partial charge on any atom is -0.477 e. The van der Waals surface area contributed by atoms with E-state index in [-0.39, 0.29) is 17.0 Å². The summed E-state index contributed by atoms with van der Waals surface area (Å²) in [4.78, 5) is 29.4. The van der Waals surface area contributed by atoms with Crippen LogP contribution < -0.4 is 5.73 Å². The molecule has 10 heteroatoms. The molecule has 1 amide bonds. The van der Waals surface area contributed by atoms with Crippen LogP contribution in [-0.4, -0.2) is 59.4 Å². The number of β-lactam (4-membered cyclic amide) rings is 1. The maximum atomic E-state index is 12.0. The quantitative estimate of drug-likeness (QED) is 0.455. The SMILES string of the molecule is Cc1cc(SCC2=C(C(=O)O)N3C(=O)C(N)[C@H]3SC2)n2nccc2n1. The van der Waals surface area contributed by atoms with E-state index in [4.69, 9.17) is 5.73 Å². The third-order valence-electron chi connectivity index (χ3n) is 4.14. The number of thioether (sulfide) groups is 2. The summed E-state index contributed by atoms with van der Waals surface area (Å²) in [6, 6.07) is 3.12. The molecule has 0 saturated carbocycles. The Bertz CT molecular complexity index is 925. The first-order chi connectivity index (χ1) is 12.0. The van der Waals surface area contributed by atoms with Gasteiger partial charge in [-0.05, 0) is 18.6 Å². The Labute approximate surface area is 151 Å². The van der Waals surface area contributed by atoms with E-state index in [0.29, 0.717) is 17.1 Å². The van der Waals surface area contributed by atoms with Crippen molar-refractivity contribution in [2.24, 2.45) is 5.73 Å². The fourth-order valence-corrected chi connectivity index (χ4v) is 5.46. The highest BCUT2D eigenvalue weighted by molar-refractivity contribution is 8.01. The number of fused-ring (bicyclic) bond motifs is 2. The molecule has 2 aromatic rings. The number of amides is 1. The fraction of sp³-hybridized carbons (Fsp3) is 0.333. The minimum atomic E-state index is -1.09. The van der Waals surface area contributed by atoms with Crippen LogP contribution >= 0.6 is 23.5 Å². The first kappa shape index (κ1) is 16.4. The van der Waals surface area contributed by atoms with Gasteiger partial charge in [0.05, 0.1) is 6.20 Å². The molecule has 0 spiro atoms. The number of hydrogen-bond acceptors (Lipinski definition) is 7. The molecule has 1 saturated heterocycles. The van der Waals surface area contributed by atoms with Gasteiger partial charge in [0.25, 0.3) is 0 Å². The van der Waals surface area contributed by atoms with Crippen molar-refractivity contribution in [3.8, 4) is 0 Å². The molecule has 0 aliphatic carbocycles. The monoisotopic (exact) mass is 377 g/mol. The lowest BCUT2D eigenvalue weighted by Crippen LogP contribution is -2.68. The molecule has 1 fully saturated rings. The van der Waals surface area contributed by atoms with Crippen molar-refractivity contribution in [1.29, 1.82) is 0 Å². The summed E-state index contributed by atoms with van der Waals surface area (Å²) in [5.41, 5.74) is 8.17. The van der Waals surface area contributed by atoms with Crippen molar-refractivity contribution < 1.29 is 14.7 Å². The summed E-state index contributed by atoms with van der Waals surface area (Å²) in [6.45, 7) is 1.90. The van der Waals surface area contributed by atoms with Crippen LogP contribution in [0.2, 0.25) is 0 Å². The molecule has 4 rings (SSSR count). The number of rotatable bonds is 4. The molecule has 1 unspecified atom stereocenters. The van der Waals surface area contributed by atoms with Crippen LogP contribution in [0, 0.1) is 6.92 Å². The number of nitrogens with zero attached hydrogens (tertiary/aromatic N) is 4. The van der Waals surface area contributed by atoms with Crippen molar-refractivity contribution in [1.82, 2.24) is 19.5 Å². The van der Waals surface area contributed by atoms with Crippen molar-refractivity contribution in [3.05, 3.63) is 35.3 Å². The fourth-order valence-electron chi connectivity index (χ4n) is 2.96. The van der Waals surface area contributed by atoms with Crippen LogP contribution in [-0.2, 0) is 9.59 Å². The number of carboxylic acids is 1. The number of carbonyl (C=O) groups excluding carboxylic acids is 1. The normalized spacial score (nSPS) is 23.0. The number of carbonyl (C=O) groups is 2. The Balaban J connectivity index is 1.63. The second-order valence-electron chi connectivity index (χ2n) is 5.82. The molecule has 0 aromatic carbocycles. The van der Waals surface area contributed by atoms with Gasteiger partial charge in [-0.15, -0.1) is 23.5 Å². The standard InChI is InChI=1S/C15H15N5O3S2/c1-7-4-10(20-9(18-7)2-3-17-20)24-5-8-6-25-14-11(16)13(21)19(14)12(8)15(22)23/h2-4,11,14H,5-6,16H2,1H3,(H,22,23)/t11?,14-/m1/s1. The van der Waals surface area contributed by atoms with Crippen molar-refractivity contribution >= 4 is 41.0 Å². The minimum absolute atomic E-state index is 0.0745. The molecule has 8 nitrogen and oxygen atoms in total. The Morgan fingerprint density at radius 3 is 3.12 bits per heavy atom. The van der Waals surface area contributed by atoms with Crippen molar-refractivity contribution in [2.75, 3.05) is 11.5 Å². The van der Waals surface area contributed by atoms with Crippen molar-refractivity contribution in [2.45, 2.75) is 23.4 Å². The van der Waals surface area contributed by atoms with Crippen LogP contribution in [0.25, 0.3) is 5.65 Å². The van der Waals surface area contributed by atoms with E-state index < -0.39 is 12.0 Å². The van der Waals surface area contributed by atoms with Gasteiger partial charge >= 0.3 is 5.97 Å². The second kappa shape index (κ2) is 6.04. The van der Waals surface area contributed by atoms with E-state index >= 15 is 0 Å². The van der Waals surface area contributed by atoms with Gasteiger partial charge < -0.3 is 10.8 Å². The third kappa shape index (κ3) is 2.60. The van der Waals surface area contributed by atoms with Gasteiger partial charge in [0.15, 0.2) is 5.65 Å². The molecular formula is C15H15N5O3S2. The lowest BCUT2D eigenvalue weighted by atomic mass is 10.0. The van der Waals surface area contributed by atoms with Gasteiger partial charge in [-0.25, -0.2) is 14.3 Å². The number of aliphatic carboxylic acids is 1. The van der Waals surface area contributed by atoms with E-state index in [1.807, 2.05) is 19.1 Å². The van der Waals surface area contributed by atoms with E-state index in [1.54, 1.807) is 10.7 Å². The Kier molecular flexibility index (Phi) is 3.97. The predicted molar refractivity (Wildman–Crippen MR) is 94.2 cm³/mol. The molecular weight excluding hydrogens is 362 g/mol. The van der Waals surface area contributed by atoms with E-state index in [2.05, 4.69) is 10.1 Å². The maximum absolute atomic E-state index is 12.0. The Hall–Kier alpha value is -2.04. The molecule has 25 heavy (non-hydrogen) atoms. The largest absolute Gasteiger partial charge is 0.477 e. The van der Waals surface area contributed by atoms with Crippen molar-refractivity contribution in [3.63, 3.8) is 0 Å². The summed E-state index contributed by atoms with van der Waals surface area (Å²) in [5, 5.41) is 14.4. The summed E-state index contributed by atoms with van der Waals surface area (Å²) in [6.07, 6.45) is 1.68. The maximum Gasteiger partial charge on any atom is 0.352 e. The average molecular weight is 377 g/mol. The molecule has 0 radical (unpaired) electrons. The van der Waals surface area contributed by atoms with Gasteiger partial charge in [-0.1, -0.05) is 0 Å². The van der Waals surface area contributed by atoms with E-state index in [0.717, 1.165) is 16.4 Å². The number of aryl methyl sites for hydroxylation is 1. The molecule has 3 N–H and O–H groups in total. The van der Waals surface area contributed by atoms with Gasteiger partial charge in [0.1, 0.15) is 22.1 Å². The highest BCUT2D eigenvalue weighted by Crippen LogP contribution is 2.40. The van der Waals surface area contributed by atoms with Crippen LogP contribution in [0.4, 0.5) is 0 Å². The molecule has 2 aliphatic rings. The third-order valence-corrected chi connectivity index (χ3v) is 6.58. The molecule has 2 atom stereocenters. The first-order valence-electron chi connectivity index (χ1n) is 7.57. The van der Waals surface area contributed by atoms with Gasteiger partial charge in [0, 0.05) is 23.3 Å².